The summed E-state index contributed by atoms with van der Waals surface area (Å²) in [5.41, 5.74) is 1.53. The van der Waals surface area contributed by atoms with Crippen molar-refractivity contribution in [3.8, 4) is 0 Å². The molecule has 2 fully saturated rings. The molecule has 0 aliphatic carbocycles. The van der Waals surface area contributed by atoms with E-state index >= 15 is 0 Å². The Morgan fingerprint density at radius 1 is 1.07 bits per heavy atom. The van der Waals surface area contributed by atoms with Crippen LogP contribution in [0.25, 0.3) is 11.0 Å². The molecule has 0 radical (unpaired) electrons. The summed E-state index contributed by atoms with van der Waals surface area (Å²) in [6.45, 7) is 4.03. The van der Waals surface area contributed by atoms with Gasteiger partial charge in [0.05, 0.1) is 24.1 Å². The molecule has 1 amide bonds. The number of ether oxygens (including phenoxy) is 1. The number of benzene rings is 1. The summed E-state index contributed by atoms with van der Waals surface area (Å²) in [7, 11) is 0. The van der Waals surface area contributed by atoms with Crippen LogP contribution in [0, 0.1) is 0 Å². The number of hydrogen-bond donors (Lipinski definition) is 0. The highest BCUT2D eigenvalue weighted by Crippen LogP contribution is 2.33. The minimum Gasteiger partial charge on any atom is -0.373 e. The third-order valence-corrected chi connectivity index (χ3v) is 5.84. The van der Waals surface area contributed by atoms with Crippen LogP contribution in [-0.2, 0) is 4.74 Å². The van der Waals surface area contributed by atoms with Crippen molar-refractivity contribution < 1.29 is 14.1 Å². The Kier molecular flexibility index (Phi) is 4.99. The lowest BCUT2D eigenvalue weighted by atomic mass is 9.97. The maximum atomic E-state index is 13.5. The lowest BCUT2D eigenvalue weighted by Crippen LogP contribution is -2.51. The average Bonchev–Trinajstić information content (AvgIpc) is 3.43. The number of likely N-dealkylation sites (tertiary alicyclic amines) is 1. The SMILES string of the molecule is O=C(c1onc2ncccc12)N1CCO[C@@H](CN2CCCC2)[C@@H]1c1ccccc1. The number of morpholine rings is 1. The Bertz CT molecular complexity index is 984. The van der Waals surface area contributed by atoms with Gasteiger partial charge in [-0.2, -0.15) is 0 Å². The second-order valence-corrected chi connectivity index (χ2v) is 7.66. The van der Waals surface area contributed by atoms with Crippen molar-refractivity contribution in [2.75, 3.05) is 32.8 Å². The molecule has 150 valence electrons. The Morgan fingerprint density at radius 2 is 1.90 bits per heavy atom. The molecule has 0 spiro atoms. The summed E-state index contributed by atoms with van der Waals surface area (Å²) in [5.74, 6) is 0.0833. The van der Waals surface area contributed by atoms with Gasteiger partial charge in [0.25, 0.3) is 5.91 Å². The molecule has 0 saturated carbocycles. The van der Waals surface area contributed by atoms with Gasteiger partial charge in [-0.3, -0.25) is 4.79 Å². The van der Waals surface area contributed by atoms with Crippen molar-refractivity contribution in [3.63, 3.8) is 0 Å². The zero-order valence-corrected chi connectivity index (χ0v) is 16.2. The van der Waals surface area contributed by atoms with E-state index in [0.29, 0.717) is 24.2 Å². The molecule has 2 aromatic heterocycles. The number of nitrogens with zero attached hydrogens (tertiary/aromatic N) is 4. The molecule has 4 heterocycles. The molecule has 7 heteroatoms. The van der Waals surface area contributed by atoms with Crippen molar-refractivity contribution in [2.24, 2.45) is 0 Å². The molecular weight excluding hydrogens is 368 g/mol. The topological polar surface area (TPSA) is 71.7 Å². The summed E-state index contributed by atoms with van der Waals surface area (Å²) in [6, 6.07) is 13.6. The summed E-state index contributed by atoms with van der Waals surface area (Å²) < 4.78 is 11.6. The van der Waals surface area contributed by atoms with E-state index in [1.54, 1.807) is 12.3 Å². The van der Waals surface area contributed by atoms with Crippen LogP contribution in [0.3, 0.4) is 0 Å². The molecule has 2 saturated heterocycles. The summed E-state index contributed by atoms with van der Waals surface area (Å²) in [4.78, 5) is 22.0. The van der Waals surface area contributed by atoms with Gasteiger partial charge in [-0.15, -0.1) is 0 Å². The molecular formula is C22H24N4O3. The normalized spacial score (nSPS) is 23.0. The van der Waals surface area contributed by atoms with E-state index in [2.05, 4.69) is 27.2 Å². The van der Waals surface area contributed by atoms with Crippen LogP contribution >= 0.6 is 0 Å². The monoisotopic (exact) mass is 392 g/mol. The van der Waals surface area contributed by atoms with E-state index in [4.69, 9.17) is 9.26 Å². The van der Waals surface area contributed by atoms with Crippen molar-refractivity contribution in [1.82, 2.24) is 19.9 Å². The summed E-state index contributed by atoms with van der Waals surface area (Å²) in [5, 5.41) is 4.61. The van der Waals surface area contributed by atoms with Gasteiger partial charge in [0, 0.05) is 19.3 Å². The van der Waals surface area contributed by atoms with Crippen LogP contribution in [0.4, 0.5) is 0 Å². The van der Waals surface area contributed by atoms with Gasteiger partial charge in [-0.05, 0) is 43.6 Å². The molecule has 2 aliphatic heterocycles. The largest absolute Gasteiger partial charge is 0.373 e. The fraction of sp³-hybridized carbons (Fsp3) is 0.409. The first kappa shape index (κ1) is 18.3. The van der Waals surface area contributed by atoms with Gasteiger partial charge in [0.2, 0.25) is 11.4 Å². The van der Waals surface area contributed by atoms with Crippen LogP contribution in [-0.4, -0.2) is 64.7 Å². The van der Waals surface area contributed by atoms with Crippen molar-refractivity contribution in [1.29, 1.82) is 0 Å². The number of hydrogen-bond acceptors (Lipinski definition) is 6. The highest BCUT2D eigenvalue weighted by atomic mass is 16.5. The lowest BCUT2D eigenvalue weighted by Gasteiger charge is -2.42. The van der Waals surface area contributed by atoms with Crippen LogP contribution in [0.5, 0.6) is 0 Å². The molecule has 0 unspecified atom stereocenters. The number of carbonyl (C=O) groups is 1. The van der Waals surface area contributed by atoms with E-state index < -0.39 is 0 Å². The van der Waals surface area contributed by atoms with Crippen LogP contribution in [0.2, 0.25) is 0 Å². The minimum absolute atomic E-state index is 0.0829. The second-order valence-electron chi connectivity index (χ2n) is 7.66. The Hall–Kier alpha value is -2.77. The highest BCUT2D eigenvalue weighted by molar-refractivity contribution is 6.02. The van der Waals surface area contributed by atoms with E-state index in [1.807, 2.05) is 29.2 Å². The standard InChI is InChI=1S/C22H24N4O3/c27-22(20-17-9-6-10-23-21(17)24-29-20)26-13-14-28-18(15-25-11-4-5-12-25)19(26)16-7-2-1-3-8-16/h1-3,6-10,18-19H,4-5,11-15H2/t18-,19-/m0/s1. The van der Waals surface area contributed by atoms with Crippen LogP contribution in [0.15, 0.2) is 53.2 Å². The minimum atomic E-state index is -0.171. The zero-order valence-electron chi connectivity index (χ0n) is 16.2. The zero-order chi connectivity index (χ0) is 19.6. The van der Waals surface area contributed by atoms with Gasteiger partial charge in [0.1, 0.15) is 0 Å². The fourth-order valence-electron chi connectivity index (χ4n) is 4.45. The lowest BCUT2D eigenvalue weighted by molar-refractivity contribution is -0.0714. The predicted molar refractivity (Wildman–Crippen MR) is 107 cm³/mol. The number of fused-ring (bicyclic) bond motifs is 1. The third-order valence-electron chi connectivity index (χ3n) is 5.84. The quantitative estimate of drug-likeness (QED) is 0.680. The molecule has 5 rings (SSSR count). The molecule has 0 N–H and O–H groups in total. The Morgan fingerprint density at radius 3 is 2.72 bits per heavy atom. The molecule has 3 aromatic rings. The third kappa shape index (κ3) is 3.52. The van der Waals surface area contributed by atoms with Crippen molar-refractivity contribution >= 4 is 16.9 Å². The molecule has 29 heavy (non-hydrogen) atoms. The van der Waals surface area contributed by atoms with Gasteiger partial charge >= 0.3 is 0 Å². The van der Waals surface area contributed by atoms with Gasteiger partial charge < -0.3 is 19.1 Å². The smallest absolute Gasteiger partial charge is 0.293 e. The van der Waals surface area contributed by atoms with Crippen molar-refractivity contribution in [2.45, 2.75) is 25.0 Å². The van der Waals surface area contributed by atoms with Gasteiger partial charge in [-0.1, -0.05) is 35.5 Å². The Balaban J connectivity index is 1.49. The van der Waals surface area contributed by atoms with Gasteiger partial charge in [-0.25, -0.2) is 4.98 Å². The number of rotatable bonds is 4. The first-order valence-corrected chi connectivity index (χ1v) is 10.2. The Labute approximate surface area is 169 Å². The number of aromatic nitrogens is 2. The van der Waals surface area contributed by atoms with E-state index in [9.17, 15) is 4.79 Å². The predicted octanol–water partition coefficient (Wildman–Crippen LogP) is 2.90. The molecule has 7 nitrogen and oxygen atoms in total. The van der Waals surface area contributed by atoms with Crippen LogP contribution < -0.4 is 0 Å². The molecule has 0 bridgehead atoms. The second kappa shape index (κ2) is 7.93. The van der Waals surface area contributed by atoms with Crippen molar-refractivity contribution in [3.05, 3.63) is 60.0 Å². The molecule has 2 aliphatic rings. The molecule has 1 aromatic carbocycles. The van der Waals surface area contributed by atoms with E-state index in [1.165, 1.54) is 12.8 Å². The highest BCUT2D eigenvalue weighted by Gasteiger charge is 2.39. The van der Waals surface area contributed by atoms with Gasteiger partial charge in [0.15, 0.2) is 0 Å². The molecule has 2 atom stereocenters. The summed E-state index contributed by atoms with van der Waals surface area (Å²) in [6.07, 6.45) is 4.01. The number of carbonyl (C=O) groups excluding carboxylic acids is 1. The number of pyridine rings is 1. The number of amides is 1. The van der Waals surface area contributed by atoms with E-state index in [0.717, 1.165) is 25.2 Å². The fourth-order valence-corrected chi connectivity index (χ4v) is 4.45. The maximum Gasteiger partial charge on any atom is 0.293 e. The first-order valence-electron chi connectivity index (χ1n) is 10.2. The van der Waals surface area contributed by atoms with E-state index in [-0.39, 0.29) is 23.8 Å². The maximum absolute atomic E-state index is 13.5. The summed E-state index contributed by atoms with van der Waals surface area (Å²) >= 11 is 0. The first-order chi connectivity index (χ1) is 14.3. The average molecular weight is 392 g/mol. The van der Waals surface area contributed by atoms with Crippen LogP contribution in [0.1, 0.15) is 35.0 Å².